The quantitative estimate of drug-likeness (QED) is 0.546. The van der Waals surface area contributed by atoms with Crippen LogP contribution in [0.25, 0.3) is 16.8 Å². The Balaban J connectivity index is 1.52. The molecule has 0 atom stereocenters. The fraction of sp³-hybridized carbons (Fsp3) is 0.417. The van der Waals surface area contributed by atoms with Gasteiger partial charge in [0.15, 0.2) is 5.65 Å². The van der Waals surface area contributed by atoms with Gasteiger partial charge >= 0.3 is 0 Å². The Morgan fingerprint density at radius 1 is 1.30 bits per heavy atom. The number of aliphatic hydroxyl groups excluding tert-OH is 1. The van der Waals surface area contributed by atoms with Crippen LogP contribution in [0.4, 0.5) is 0 Å². The molecule has 6 nitrogen and oxygen atoms in total. The van der Waals surface area contributed by atoms with Gasteiger partial charge in [0.25, 0.3) is 0 Å². The van der Waals surface area contributed by atoms with Gasteiger partial charge in [0.05, 0.1) is 19.3 Å². The number of aliphatic hydroxyl groups is 1. The smallest absolute Gasteiger partial charge is 0.163 e. The number of hydrogen-bond donors (Lipinski definition) is 1. The molecule has 0 saturated heterocycles. The first-order chi connectivity index (χ1) is 14.6. The maximum Gasteiger partial charge on any atom is 0.163 e. The lowest BCUT2D eigenvalue weighted by Crippen LogP contribution is -2.29. The molecule has 158 valence electrons. The normalized spacial score (nSPS) is 13.6. The van der Waals surface area contributed by atoms with Crippen LogP contribution in [0.2, 0.25) is 0 Å². The van der Waals surface area contributed by atoms with Crippen LogP contribution in [0.15, 0.2) is 48.9 Å². The number of nitrogens with zero attached hydrogens (tertiary/aromatic N) is 4. The Kier molecular flexibility index (Phi) is 6.04. The molecule has 0 bridgehead atoms. The highest BCUT2D eigenvalue weighted by Crippen LogP contribution is 2.37. The van der Waals surface area contributed by atoms with E-state index in [0.717, 1.165) is 53.3 Å². The van der Waals surface area contributed by atoms with Crippen LogP contribution in [0, 0.1) is 12.8 Å². The zero-order chi connectivity index (χ0) is 21.1. The van der Waals surface area contributed by atoms with Crippen molar-refractivity contribution in [2.75, 3.05) is 19.7 Å². The summed E-state index contributed by atoms with van der Waals surface area (Å²) in [5.41, 5.74) is 5.66. The van der Waals surface area contributed by atoms with Crippen LogP contribution in [-0.4, -0.2) is 44.3 Å². The third-order valence-corrected chi connectivity index (χ3v) is 5.55. The van der Waals surface area contributed by atoms with Gasteiger partial charge in [-0.15, -0.1) is 0 Å². The Morgan fingerprint density at radius 3 is 2.87 bits per heavy atom. The van der Waals surface area contributed by atoms with Gasteiger partial charge < -0.3 is 14.7 Å². The standard InChI is InChI=1S/C24H30N4O2/c1-4-8-27(18(3)20-5-6-20)10-11-30-22-13-19(16-29)12-21(14-22)23-15-25-28-9-7-17(2)26-24(23)28/h7,9,12-15,20,29H,3-6,8,10-11,16H2,1-2H3. The summed E-state index contributed by atoms with van der Waals surface area (Å²) in [6, 6.07) is 7.79. The lowest BCUT2D eigenvalue weighted by Gasteiger charge is -2.26. The van der Waals surface area contributed by atoms with Crippen LogP contribution in [-0.2, 0) is 6.61 Å². The van der Waals surface area contributed by atoms with Crippen LogP contribution in [0.5, 0.6) is 5.75 Å². The molecule has 2 heterocycles. The van der Waals surface area contributed by atoms with Gasteiger partial charge in [0.1, 0.15) is 12.4 Å². The molecular formula is C24H30N4O2. The van der Waals surface area contributed by atoms with Crippen molar-refractivity contribution in [3.05, 3.63) is 60.2 Å². The molecule has 0 radical (unpaired) electrons. The van der Waals surface area contributed by atoms with E-state index in [4.69, 9.17) is 4.74 Å². The van der Waals surface area contributed by atoms with E-state index in [9.17, 15) is 5.11 Å². The molecule has 0 amide bonds. The fourth-order valence-electron chi connectivity index (χ4n) is 3.77. The van der Waals surface area contributed by atoms with E-state index >= 15 is 0 Å². The second-order valence-electron chi connectivity index (χ2n) is 8.02. The molecule has 30 heavy (non-hydrogen) atoms. The number of aryl methyl sites for hydroxylation is 1. The molecule has 1 aliphatic carbocycles. The predicted molar refractivity (Wildman–Crippen MR) is 118 cm³/mol. The molecule has 2 aromatic heterocycles. The Morgan fingerprint density at radius 2 is 2.13 bits per heavy atom. The number of fused-ring (bicyclic) bond motifs is 1. The molecule has 1 aromatic carbocycles. The molecule has 6 heteroatoms. The highest BCUT2D eigenvalue weighted by atomic mass is 16.5. The van der Waals surface area contributed by atoms with Crippen LogP contribution >= 0.6 is 0 Å². The zero-order valence-electron chi connectivity index (χ0n) is 17.8. The molecule has 0 aliphatic heterocycles. The lowest BCUT2D eigenvalue weighted by atomic mass is 10.1. The van der Waals surface area contributed by atoms with Crippen LogP contribution in [0.1, 0.15) is 37.4 Å². The lowest BCUT2D eigenvalue weighted by molar-refractivity contribution is 0.236. The van der Waals surface area contributed by atoms with E-state index < -0.39 is 0 Å². The van der Waals surface area contributed by atoms with Crippen molar-refractivity contribution in [3.63, 3.8) is 0 Å². The van der Waals surface area contributed by atoms with Crippen molar-refractivity contribution < 1.29 is 9.84 Å². The molecule has 1 fully saturated rings. The number of hydrogen-bond acceptors (Lipinski definition) is 5. The topological polar surface area (TPSA) is 62.9 Å². The monoisotopic (exact) mass is 406 g/mol. The third kappa shape index (κ3) is 4.49. The first-order valence-electron chi connectivity index (χ1n) is 10.7. The Hall–Kier alpha value is -2.86. The van der Waals surface area contributed by atoms with Gasteiger partial charge in [0.2, 0.25) is 0 Å². The zero-order valence-corrected chi connectivity index (χ0v) is 17.8. The van der Waals surface area contributed by atoms with E-state index in [2.05, 4.69) is 28.5 Å². The van der Waals surface area contributed by atoms with Crippen LogP contribution in [0.3, 0.4) is 0 Å². The average molecular weight is 407 g/mol. The molecule has 4 rings (SSSR count). The summed E-state index contributed by atoms with van der Waals surface area (Å²) in [5, 5.41) is 14.2. The van der Waals surface area contributed by atoms with E-state index in [1.807, 2.05) is 43.6 Å². The molecular weight excluding hydrogens is 376 g/mol. The maximum absolute atomic E-state index is 9.75. The Labute approximate surface area is 177 Å². The molecule has 0 unspecified atom stereocenters. The SMILES string of the molecule is C=C(C1CC1)N(CCC)CCOc1cc(CO)cc(-c2cnn3ccc(C)nc23)c1. The van der Waals surface area contributed by atoms with Gasteiger partial charge in [-0.2, -0.15) is 5.10 Å². The molecule has 1 saturated carbocycles. The fourth-order valence-corrected chi connectivity index (χ4v) is 3.77. The van der Waals surface area contributed by atoms with Crippen molar-refractivity contribution in [1.82, 2.24) is 19.5 Å². The van der Waals surface area contributed by atoms with Gasteiger partial charge in [-0.3, -0.25) is 0 Å². The highest BCUT2D eigenvalue weighted by Gasteiger charge is 2.27. The highest BCUT2D eigenvalue weighted by molar-refractivity contribution is 5.78. The minimum atomic E-state index is -0.0453. The summed E-state index contributed by atoms with van der Waals surface area (Å²) in [4.78, 5) is 6.98. The molecule has 0 spiro atoms. The first kappa shape index (κ1) is 20.4. The summed E-state index contributed by atoms with van der Waals surface area (Å²) >= 11 is 0. The van der Waals surface area contributed by atoms with E-state index in [1.54, 1.807) is 4.52 Å². The number of aromatic nitrogens is 3. The van der Waals surface area contributed by atoms with Crippen molar-refractivity contribution in [2.45, 2.75) is 39.7 Å². The molecule has 1 N–H and O–H groups in total. The van der Waals surface area contributed by atoms with Crippen molar-refractivity contribution in [3.8, 4) is 16.9 Å². The summed E-state index contributed by atoms with van der Waals surface area (Å²) in [6.45, 7) is 10.8. The summed E-state index contributed by atoms with van der Waals surface area (Å²) in [7, 11) is 0. The van der Waals surface area contributed by atoms with Gasteiger partial charge in [0, 0.05) is 29.7 Å². The average Bonchev–Trinajstić information content (AvgIpc) is 3.52. The van der Waals surface area contributed by atoms with Crippen molar-refractivity contribution >= 4 is 5.65 Å². The third-order valence-electron chi connectivity index (χ3n) is 5.55. The second kappa shape index (κ2) is 8.88. The number of rotatable bonds is 10. The van der Waals surface area contributed by atoms with E-state index in [1.165, 1.54) is 18.5 Å². The number of allylic oxidation sites excluding steroid dienone is 1. The largest absolute Gasteiger partial charge is 0.492 e. The second-order valence-corrected chi connectivity index (χ2v) is 8.02. The van der Waals surface area contributed by atoms with Crippen LogP contribution < -0.4 is 4.74 Å². The van der Waals surface area contributed by atoms with Crippen molar-refractivity contribution in [2.24, 2.45) is 5.92 Å². The minimum absolute atomic E-state index is 0.0453. The molecule has 1 aliphatic rings. The summed E-state index contributed by atoms with van der Waals surface area (Å²) < 4.78 is 7.87. The summed E-state index contributed by atoms with van der Waals surface area (Å²) in [6.07, 6.45) is 7.33. The Bertz CT molecular complexity index is 1040. The first-order valence-corrected chi connectivity index (χ1v) is 10.7. The molecule has 3 aromatic rings. The summed E-state index contributed by atoms with van der Waals surface area (Å²) in [5.74, 6) is 1.41. The number of ether oxygens (including phenoxy) is 1. The van der Waals surface area contributed by atoms with Gasteiger partial charge in [-0.25, -0.2) is 9.50 Å². The van der Waals surface area contributed by atoms with Crippen molar-refractivity contribution in [1.29, 1.82) is 0 Å². The predicted octanol–water partition coefficient (Wildman–Crippen LogP) is 4.21. The maximum atomic E-state index is 9.75. The van der Waals surface area contributed by atoms with Gasteiger partial charge in [-0.1, -0.05) is 13.5 Å². The minimum Gasteiger partial charge on any atom is -0.492 e. The van der Waals surface area contributed by atoms with E-state index in [0.29, 0.717) is 12.5 Å². The number of benzene rings is 1. The van der Waals surface area contributed by atoms with E-state index in [-0.39, 0.29) is 6.61 Å². The van der Waals surface area contributed by atoms with Gasteiger partial charge in [-0.05, 0) is 67.5 Å².